The number of hydrogen-bond donors (Lipinski definition) is 1. The van der Waals surface area contributed by atoms with E-state index in [0.717, 1.165) is 28.8 Å². The first kappa shape index (κ1) is 21.2. The third-order valence-corrected chi connectivity index (χ3v) is 6.97. The second-order valence-corrected chi connectivity index (χ2v) is 10.0. The van der Waals surface area contributed by atoms with Crippen LogP contribution in [0.4, 0.5) is 8.78 Å². The first-order chi connectivity index (χ1) is 16.8. The zero-order valence-electron chi connectivity index (χ0n) is 18.2. The van der Waals surface area contributed by atoms with Crippen molar-refractivity contribution in [1.29, 1.82) is 0 Å². The molecule has 0 amide bonds. The largest absolute Gasteiger partial charge is 0.356 e. The van der Waals surface area contributed by atoms with Crippen LogP contribution in [0.1, 0.15) is 0 Å². The van der Waals surface area contributed by atoms with Crippen LogP contribution >= 0.6 is 0 Å². The summed E-state index contributed by atoms with van der Waals surface area (Å²) in [5, 5.41) is 5.28. The summed E-state index contributed by atoms with van der Waals surface area (Å²) in [5.74, 6) is -1.66. The molecule has 6 aromatic rings. The fourth-order valence-corrected chi connectivity index (χ4v) is 5.08. The highest BCUT2D eigenvalue weighted by Crippen LogP contribution is 2.38. The Bertz CT molecular complexity index is 1870. The van der Waals surface area contributed by atoms with Crippen molar-refractivity contribution < 1.29 is 21.7 Å². The summed E-state index contributed by atoms with van der Waals surface area (Å²) in [6.07, 6.45) is 7.40. The van der Waals surface area contributed by atoms with E-state index in [1.807, 2.05) is 18.2 Å². The second-order valence-electron chi connectivity index (χ2n) is 8.14. The minimum atomic E-state index is -3.41. The molecule has 1 N–H and O–H groups in total. The highest BCUT2D eigenvalue weighted by Gasteiger charge is 2.21. The normalized spacial score (nSPS) is 12.1. The number of aromatic nitrogens is 4. The summed E-state index contributed by atoms with van der Waals surface area (Å²) in [6, 6.07) is 13.0. The number of nitrogens with zero attached hydrogens (tertiary/aromatic N) is 3. The average Bonchev–Trinajstić information content (AvgIpc) is 3.57. The lowest BCUT2D eigenvalue weighted by Crippen LogP contribution is -2.07. The van der Waals surface area contributed by atoms with Gasteiger partial charge in [0.1, 0.15) is 5.65 Å². The Morgan fingerprint density at radius 2 is 1.83 bits per heavy atom. The summed E-state index contributed by atoms with van der Waals surface area (Å²) < 4.78 is 59.0. The van der Waals surface area contributed by atoms with Crippen LogP contribution in [0, 0.1) is 11.6 Å². The average molecular weight is 490 g/mol. The van der Waals surface area contributed by atoms with E-state index < -0.39 is 21.7 Å². The Kier molecular flexibility index (Phi) is 4.61. The first-order valence-electron chi connectivity index (χ1n) is 10.5. The molecular formula is C25H16F2N4O3S. The molecule has 10 heteroatoms. The Labute approximate surface area is 197 Å². The molecule has 0 saturated heterocycles. The van der Waals surface area contributed by atoms with Gasteiger partial charge in [0.25, 0.3) is 0 Å². The SMILES string of the molecule is CS(=O)(=O)n1ccc2cc(-c3cnc4[nH]cc(-c5oncc5-c5cccc(F)c5F)c4c3)ccc21. The molecule has 0 unspecified atom stereocenters. The third-order valence-electron chi connectivity index (χ3n) is 5.93. The number of fused-ring (bicyclic) bond motifs is 2. The monoisotopic (exact) mass is 490 g/mol. The molecular weight excluding hydrogens is 474 g/mol. The Balaban J connectivity index is 1.48. The standard InChI is InChI=1S/C25H16F2N4O3S/c1-35(32,33)31-8-7-15-9-14(5-6-22(15)31)16-10-18-19(12-29-25(18)28-11-16)24-20(13-30-34-24)17-3-2-4-21(26)23(17)27/h2-13H,1H3,(H,28,29). The van der Waals surface area contributed by atoms with Gasteiger partial charge in [0.05, 0.1) is 23.5 Å². The zero-order chi connectivity index (χ0) is 24.3. The van der Waals surface area contributed by atoms with Crippen LogP contribution < -0.4 is 0 Å². The highest BCUT2D eigenvalue weighted by atomic mass is 32.2. The molecule has 0 spiro atoms. The fourth-order valence-electron chi connectivity index (χ4n) is 4.27. The molecule has 0 radical (unpaired) electrons. The number of rotatable bonds is 4. The number of benzene rings is 2. The van der Waals surface area contributed by atoms with Crippen molar-refractivity contribution in [3.05, 3.63) is 85.0 Å². The van der Waals surface area contributed by atoms with E-state index in [-0.39, 0.29) is 11.3 Å². The molecule has 0 bridgehead atoms. The third kappa shape index (κ3) is 3.41. The van der Waals surface area contributed by atoms with Crippen LogP contribution in [-0.4, -0.2) is 33.8 Å². The summed E-state index contributed by atoms with van der Waals surface area (Å²) in [4.78, 5) is 7.57. The van der Waals surface area contributed by atoms with Gasteiger partial charge in [-0.05, 0) is 35.9 Å². The van der Waals surface area contributed by atoms with E-state index in [1.54, 1.807) is 24.5 Å². The topological polar surface area (TPSA) is 93.8 Å². The van der Waals surface area contributed by atoms with Gasteiger partial charge in [-0.3, -0.25) is 0 Å². The minimum Gasteiger partial charge on any atom is -0.356 e. The van der Waals surface area contributed by atoms with Crippen molar-refractivity contribution in [3.8, 4) is 33.6 Å². The Hall–Kier alpha value is -4.31. The van der Waals surface area contributed by atoms with Gasteiger partial charge in [-0.2, -0.15) is 0 Å². The lowest BCUT2D eigenvalue weighted by molar-refractivity contribution is 0.432. The molecule has 0 atom stereocenters. The van der Waals surface area contributed by atoms with Gasteiger partial charge >= 0.3 is 0 Å². The van der Waals surface area contributed by atoms with Crippen LogP contribution in [0.25, 0.3) is 55.5 Å². The van der Waals surface area contributed by atoms with E-state index in [2.05, 4.69) is 15.1 Å². The lowest BCUT2D eigenvalue weighted by Gasteiger charge is -2.06. The summed E-state index contributed by atoms with van der Waals surface area (Å²) in [7, 11) is -3.41. The van der Waals surface area contributed by atoms with Crippen LogP contribution in [0.15, 0.2) is 77.8 Å². The smallest absolute Gasteiger partial charge is 0.236 e. The predicted octanol–water partition coefficient (Wildman–Crippen LogP) is 5.59. The first-order valence-corrected chi connectivity index (χ1v) is 12.3. The molecule has 174 valence electrons. The maximum Gasteiger partial charge on any atom is 0.236 e. The highest BCUT2D eigenvalue weighted by molar-refractivity contribution is 7.89. The van der Waals surface area contributed by atoms with Gasteiger partial charge < -0.3 is 9.51 Å². The minimum absolute atomic E-state index is 0.0422. The molecule has 4 heterocycles. The number of nitrogens with one attached hydrogen (secondary N) is 1. The van der Waals surface area contributed by atoms with Gasteiger partial charge in [-0.25, -0.2) is 26.2 Å². The van der Waals surface area contributed by atoms with Gasteiger partial charge in [-0.1, -0.05) is 23.4 Å². The molecule has 2 aromatic carbocycles. The molecule has 0 aliphatic heterocycles. The Morgan fingerprint density at radius 1 is 0.971 bits per heavy atom. The van der Waals surface area contributed by atoms with Gasteiger partial charge in [0, 0.05) is 46.1 Å². The molecule has 0 saturated carbocycles. The Morgan fingerprint density at radius 3 is 2.66 bits per heavy atom. The molecule has 0 fully saturated rings. The zero-order valence-corrected chi connectivity index (χ0v) is 19.0. The van der Waals surface area contributed by atoms with Crippen molar-refractivity contribution in [3.63, 3.8) is 0 Å². The summed E-state index contributed by atoms with van der Waals surface area (Å²) >= 11 is 0. The van der Waals surface area contributed by atoms with Crippen LogP contribution in [0.3, 0.4) is 0 Å². The lowest BCUT2D eigenvalue weighted by atomic mass is 10.00. The summed E-state index contributed by atoms with van der Waals surface area (Å²) in [6.45, 7) is 0. The number of H-pyrrole nitrogens is 1. The van der Waals surface area contributed by atoms with Crippen molar-refractivity contribution in [2.45, 2.75) is 0 Å². The molecule has 7 nitrogen and oxygen atoms in total. The maximum atomic E-state index is 14.5. The van der Waals surface area contributed by atoms with E-state index in [4.69, 9.17) is 4.52 Å². The van der Waals surface area contributed by atoms with Crippen LogP contribution in [0.5, 0.6) is 0 Å². The van der Waals surface area contributed by atoms with E-state index >= 15 is 0 Å². The number of pyridine rings is 1. The number of hydrogen-bond acceptors (Lipinski definition) is 5. The molecule has 0 aliphatic carbocycles. The number of aromatic amines is 1. The van der Waals surface area contributed by atoms with E-state index in [9.17, 15) is 17.2 Å². The van der Waals surface area contributed by atoms with Gasteiger partial charge in [0.2, 0.25) is 10.0 Å². The van der Waals surface area contributed by atoms with Crippen molar-refractivity contribution >= 4 is 32.0 Å². The van der Waals surface area contributed by atoms with Crippen molar-refractivity contribution in [2.75, 3.05) is 6.26 Å². The van der Waals surface area contributed by atoms with Gasteiger partial charge in [0.15, 0.2) is 17.4 Å². The molecule has 0 aliphatic rings. The van der Waals surface area contributed by atoms with Crippen molar-refractivity contribution in [1.82, 2.24) is 19.1 Å². The fraction of sp³-hybridized carbons (Fsp3) is 0.0400. The van der Waals surface area contributed by atoms with E-state index in [0.29, 0.717) is 27.7 Å². The molecule has 35 heavy (non-hydrogen) atoms. The second kappa shape index (κ2) is 7.60. The molecule has 4 aromatic heterocycles. The summed E-state index contributed by atoms with van der Waals surface area (Å²) in [5.41, 5.74) is 3.72. The maximum absolute atomic E-state index is 14.5. The molecule has 6 rings (SSSR count). The van der Waals surface area contributed by atoms with Crippen LogP contribution in [-0.2, 0) is 10.0 Å². The van der Waals surface area contributed by atoms with Gasteiger partial charge in [-0.15, -0.1) is 0 Å². The predicted molar refractivity (Wildman–Crippen MR) is 128 cm³/mol. The van der Waals surface area contributed by atoms with Crippen LogP contribution in [0.2, 0.25) is 0 Å². The van der Waals surface area contributed by atoms with Crippen molar-refractivity contribution in [2.24, 2.45) is 0 Å². The van der Waals surface area contributed by atoms with E-state index in [1.165, 1.54) is 28.5 Å². The number of halogens is 2. The quantitative estimate of drug-likeness (QED) is 0.348.